The molecule has 0 radical (unpaired) electrons. The molecule has 2 aromatic carbocycles. The van der Waals surface area contributed by atoms with E-state index in [1.165, 1.54) is 6.07 Å². The second-order valence-electron chi connectivity index (χ2n) is 7.20. The summed E-state index contributed by atoms with van der Waals surface area (Å²) in [5, 5.41) is 3.67. The molecule has 0 atom stereocenters. The third-order valence-corrected chi connectivity index (χ3v) is 4.98. The van der Waals surface area contributed by atoms with E-state index in [9.17, 15) is 9.18 Å². The van der Waals surface area contributed by atoms with Gasteiger partial charge < -0.3 is 10.1 Å². The third-order valence-electron chi connectivity index (χ3n) is 4.98. The minimum atomic E-state index is -0.527. The molecule has 1 N–H and O–H groups in total. The molecule has 0 aliphatic carbocycles. The highest BCUT2D eigenvalue weighted by atomic mass is 19.1. The SMILES string of the molecule is CNc1ncc2cc(-c3cc(CC(=O)Oc4ccccc4)c(F)cc3C)c(C)nc2n1. The van der Waals surface area contributed by atoms with Crippen molar-refractivity contribution < 1.29 is 13.9 Å². The molecule has 6 nitrogen and oxygen atoms in total. The van der Waals surface area contributed by atoms with Crippen LogP contribution < -0.4 is 10.1 Å². The van der Waals surface area contributed by atoms with Crippen molar-refractivity contribution in [1.29, 1.82) is 0 Å². The Hall–Kier alpha value is -3.87. The Morgan fingerprint density at radius 1 is 1.06 bits per heavy atom. The highest BCUT2D eigenvalue weighted by Crippen LogP contribution is 2.31. The Labute approximate surface area is 179 Å². The molecule has 156 valence electrons. The Morgan fingerprint density at radius 3 is 2.58 bits per heavy atom. The van der Waals surface area contributed by atoms with Gasteiger partial charge in [-0.25, -0.2) is 14.4 Å². The number of anilines is 1. The van der Waals surface area contributed by atoms with Crippen LogP contribution in [0.25, 0.3) is 22.2 Å². The smallest absolute Gasteiger partial charge is 0.315 e. The Bertz CT molecular complexity index is 1280. The van der Waals surface area contributed by atoms with E-state index in [1.807, 2.05) is 26.0 Å². The number of halogens is 1. The first-order valence-corrected chi connectivity index (χ1v) is 9.82. The summed E-state index contributed by atoms with van der Waals surface area (Å²) < 4.78 is 19.9. The molecule has 0 amide bonds. The maximum absolute atomic E-state index is 14.6. The van der Waals surface area contributed by atoms with E-state index in [0.29, 0.717) is 17.3 Å². The van der Waals surface area contributed by atoms with Gasteiger partial charge in [-0.15, -0.1) is 0 Å². The number of aromatic nitrogens is 3. The summed E-state index contributed by atoms with van der Waals surface area (Å²) in [6.07, 6.45) is 1.52. The van der Waals surface area contributed by atoms with E-state index in [4.69, 9.17) is 4.74 Å². The van der Waals surface area contributed by atoms with Crippen molar-refractivity contribution in [2.75, 3.05) is 12.4 Å². The zero-order valence-corrected chi connectivity index (χ0v) is 17.4. The van der Waals surface area contributed by atoms with Gasteiger partial charge in [0.2, 0.25) is 5.95 Å². The molecule has 4 rings (SSSR count). The van der Waals surface area contributed by atoms with E-state index < -0.39 is 11.8 Å². The quantitative estimate of drug-likeness (QED) is 0.377. The minimum Gasteiger partial charge on any atom is -0.426 e. The lowest BCUT2D eigenvalue weighted by atomic mass is 9.95. The number of hydrogen-bond donors (Lipinski definition) is 1. The number of rotatable bonds is 5. The predicted molar refractivity (Wildman–Crippen MR) is 118 cm³/mol. The predicted octanol–water partition coefficient (Wildman–Crippen LogP) is 4.64. The molecule has 0 saturated carbocycles. The van der Waals surface area contributed by atoms with E-state index in [1.54, 1.807) is 43.6 Å². The van der Waals surface area contributed by atoms with Gasteiger partial charge in [0.1, 0.15) is 11.6 Å². The molecule has 2 aromatic heterocycles. The zero-order valence-electron chi connectivity index (χ0n) is 17.4. The lowest BCUT2D eigenvalue weighted by Crippen LogP contribution is -2.12. The molecule has 0 aliphatic heterocycles. The average molecular weight is 416 g/mol. The van der Waals surface area contributed by atoms with Gasteiger partial charge in [-0.2, -0.15) is 4.98 Å². The van der Waals surface area contributed by atoms with Crippen LogP contribution in [0.1, 0.15) is 16.8 Å². The summed E-state index contributed by atoms with van der Waals surface area (Å²) in [6.45, 7) is 3.71. The van der Waals surface area contributed by atoms with Crippen LogP contribution in [-0.2, 0) is 11.2 Å². The second kappa shape index (κ2) is 8.47. The Kier molecular flexibility index (Phi) is 5.58. The van der Waals surface area contributed by atoms with E-state index >= 15 is 0 Å². The summed E-state index contributed by atoms with van der Waals surface area (Å²) >= 11 is 0. The summed E-state index contributed by atoms with van der Waals surface area (Å²) in [7, 11) is 1.74. The van der Waals surface area contributed by atoms with Crippen LogP contribution in [0.3, 0.4) is 0 Å². The molecule has 31 heavy (non-hydrogen) atoms. The summed E-state index contributed by atoms with van der Waals surface area (Å²) in [6, 6.07) is 13.8. The number of carbonyl (C=O) groups excluding carboxylic acids is 1. The third kappa shape index (κ3) is 4.35. The molecule has 0 aliphatic rings. The molecule has 7 heteroatoms. The number of esters is 1. The molecule has 2 heterocycles. The topological polar surface area (TPSA) is 77.0 Å². The van der Waals surface area contributed by atoms with E-state index in [0.717, 1.165) is 27.8 Å². The van der Waals surface area contributed by atoms with Crippen molar-refractivity contribution in [3.05, 3.63) is 77.4 Å². The van der Waals surface area contributed by atoms with Gasteiger partial charge in [0, 0.05) is 29.9 Å². The number of nitrogens with zero attached hydrogens (tertiary/aromatic N) is 3. The number of para-hydroxylation sites is 1. The number of hydrogen-bond acceptors (Lipinski definition) is 6. The highest BCUT2D eigenvalue weighted by molar-refractivity contribution is 5.84. The Morgan fingerprint density at radius 2 is 1.84 bits per heavy atom. The number of fused-ring (bicyclic) bond motifs is 1. The van der Waals surface area contributed by atoms with Crippen molar-refractivity contribution in [2.45, 2.75) is 20.3 Å². The molecule has 0 bridgehead atoms. The molecule has 0 spiro atoms. The van der Waals surface area contributed by atoms with Gasteiger partial charge in [0.15, 0.2) is 5.65 Å². The molecule has 0 unspecified atom stereocenters. The normalized spacial score (nSPS) is 10.8. The molecule has 4 aromatic rings. The lowest BCUT2D eigenvalue weighted by molar-refractivity contribution is -0.133. The number of ether oxygens (including phenoxy) is 1. The van der Waals surface area contributed by atoms with Crippen molar-refractivity contribution in [2.24, 2.45) is 0 Å². The molecular formula is C24H21FN4O2. The monoisotopic (exact) mass is 416 g/mol. The van der Waals surface area contributed by atoms with Gasteiger partial charge in [0.25, 0.3) is 0 Å². The second-order valence-corrected chi connectivity index (χ2v) is 7.20. The largest absolute Gasteiger partial charge is 0.426 e. The number of nitrogens with one attached hydrogen (secondary N) is 1. The van der Waals surface area contributed by atoms with Crippen LogP contribution in [0.4, 0.5) is 10.3 Å². The van der Waals surface area contributed by atoms with Gasteiger partial charge in [-0.1, -0.05) is 18.2 Å². The first-order valence-electron chi connectivity index (χ1n) is 9.82. The van der Waals surface area contributed by atoms with Crippen LogP contribution in [0.5, 0.6) is 5.75 Å². The number of pyridine rings is 1. The lowest BCUT2D eigenvalue weighted by Gasteiger charge is -2.13. The molecule has 0 fully saturated rings. The molecular weight excluding hydrogens is 395 g/mol. The van der Waals surface area contributed by atoms with Gasteiger partial charge in [-0.05, 0) is 60.9 Å². The van der Waals surface area contributed by atoms with Crippen molar-refractivity contribution in [1.82, 2.24) is 15.0 Å². The van der Waals surface area contributed by atoms with Gasteiger partial charge in [0.05, 0.1) is 6.42 Å². The maximum atomic E-state index is 14.6. The highest BCUT2D eigenvalue weighted by Gasteiger charge is 2.16. The first kappa shape index (κ1) is 20.4. The van der Waals surface area contributed by atoms with Gasteiger partial charge in [-0.3, -0.25) is 4.79 Å². The number of aryl methyl sites for hydroxylation is 2. The fraction of sp³-hybridized carbons (Fsp3) is 0.167. The summed E-state index contributed by atoms with van der Waals surface area (Å²) in [5.74, 6) is -0.0546. The number of benzene rings is 2. The standard InChI is InChI=1S/C24H21FN4O2/c1-14-9-21(25)16(12-22(30)31-18-7-5-4-6-8-18)10-19(14)20-11-17-13-27-24(26-3)29-23(17)28-15(20)2/h4-11,13H,12H2,1-3H3,(H,26,27,28,29). The zero-order chi connectivity index (χ0) is 22.0. The summed E-state index contributed by atoms with van der Waals surface area (Å²) in [4.78, 5) is 25.5. The van der Waals surface area contributed by atoms with Crippen molar-refractivity contribution in [3.8, 4) is 16.9 Å². The van der Waals surface area contributed by atoms with Crippen LogP contribution in [-0.4, -0.2) is 28.0 Å². The van der Waals surface area contributed by atoms with Crippen molar-refractivity contribution in [3.63, 3.8) is 0 Å². The van der Waals surface area contributed by atoms with Crippen LogP contribution in [0.15, 0.2) is 54.7 Å². The molecule has 0 saturated heterocycles. The van der Waals surface area contributed by atoms with E-state index in [2.05, 4.69) is 20.3 Å². The van der Waals surface area contributed by atoms with E-state index in [-0.39, 0.29) is 12.0 Å². The fourth-order valence-corrected chi connectivity index (χ4v) is 3.40. The van der Waals surface area contributed by atoms with Crippen LogP contribution in [0.2, 0.25) is 0 Å². The van der Waals surface area contributed by atoms with Gasteiger partial charge >= 0.3 is 5.97 Å². The summed E-state index contributed by atoms with van der Waals surface area (Å²) in [5.41, 5.74) is 3.97. The maximum Gasteiger partial charge on any atom is 0.315 e. The number of carbonyl (C=O) groups is 1. The first-order chi connectivity index (χ1) is 14.9. The van der Waals surface area contributed by atoms with Crippen LogP contribution in [0, 0.1) is 19.7 Å². The fourth-order valence-electron chi connectivity index (χ4n) is 3.40. The minimum absolute atomic E-state index is 0.178. The van der Waals surface area contributed by atoms with Crippen LogP contribution >= 0.6 is 0 Å². The Balaban J connectivity index is 1.69. The average Bonchev–Trinajstić information content (AvgIpc) is 2.75. The van der Waals surface area contributed by atoms with Crippen molar-refractivity contribution >= 4 is 23.0 Å².